The third-order valence-corrected chi connectivity index (χ3v) is 2.72. The molecule has 1 aliphatic rings. The number of hydrogen-bond acceptors (Lipinski definition) is 2. The minimum absolute atomic E-state index is 0. The maximum Gasteiger partial charge on any atom is 1.00 e. The van der Waals surface area contributed by atoms with E-state index in [0.717, 1.165) is 0 Å². The largest absolute Gasteiger partial charge is 1.00 e. The molecule has 1 heterocycles. The van der Waals surface area contributed by atoms with E-state index >= 15 is 0 Å². The van der Waals surface area contributed by atoms with Crippen LogP contribution in [0.5, 0.6) is 0 Å². The molecule has 0 aromatic carbocycles. The zero-order valence-corrected chi connectivity index (χ0v) is 9.57. The Balaban J connectivity index is 0.000000640. The average molecular weight is 172 g/mol. The molecule has 0 spiro atoms. The Morgan fingerprint density at radius 3 is 2.11 bits per heavy atom. The van der Waals surface area contributed by atoms with Crippen molar-refractivity contribution in [3.05, 3.63) is 0 Å². The van der Waals surface area contributed by atoms with Gasteiger partial charge in [-0.2, -0.15) is 0 Å². The van der Waals surface area contributed by atoms with Crippen LogP contribution in [0.4, 0.5) is 0 Å². The molecule has 1 rings (SSSR count). The molecule has 0 saturated carbocycles. The van der Waals surface area contributed by atoms with Gasteiger partial charge < -0.3 is 5.11 Å². The van der Waals surface area contributed by atoms with Crippen molar-refractivity contribution in [1.29, 1.82) is 0 Å². The van der Waals surface area contributed by atoms with Crippen LogP contribution >= 0.6 is 0 Å². The molecule has 4 heteroatoms. The van der Waals surface area contributed by atoms with Crippen LogP contribution in [0.2, 0.25) is 0 Å². The Kier molecular flexibility index (Phi) is 6.45. The van der Waals surface area contributed by atoms with E-state index in [-0.39, 0.29) is 51.4 Å². The minimum atomic E-state index is -0.661. The van der Waals surface area contributed by atoms with Gasteiger partial charge in [-0.05, 0) is 0 Å². The van der Waals surface area contributed by atoms with Crippen LogP contribution in [0.3, 0.4) is 0 Å². The first-order valence-electron chi connectivity index (χ1n) is 2.80. The van der Waals surface area contributed by atoms with E-state index in [0.29, 0.717) is 24.3 Å². The molecule has 1 saturated heterocycles. The van der Waals surface area contributed by atoms with Crippen molar-refractivity contribution in [2.75, 3.05) is 11.5 Å². The summed E-state index contributed by atoms with van der Waals surface area (Å²) in [4.78, 5) is 0. The first-order valence-corrected chi connectivity index (χ1v) is 4.28. The van der Waals surface area contributed by atoms with Gasteiger partial charge in [-0.15, -0.1) is 6.10 Å². The second-order valence-corrected chi connectivity index (χ2v) is 3.74. The monoisotopic (exact) mass is 172 g/mol. The van der Waals surface area contributed by atoms with Crippen LogP contribution in [0, 0.1) is 0 Å². The predicted molar refractivity (Wildman–Crippen MR) is 30.9 cm³/mol. The summed E-state index contributed by atoms with van der Waals surface area (Å²) in [6.45, 7) is 0. The van der Waals surface area contributed by atoms with Crippen molar-refractivity contribution in [3.8, 4) is 0 Å². The Morgan fingerprint density at radius 2 is 1.78 bits per heavy atom. The Bertz CT molecular complexity index is 97.1. The van der Waals surface area contributed by atoms with Crippen LogP contribution in [0.15, 0.2) is 0 Å². The van der Waals surface area contributed by atoms with Gasteiger partial charge in [-0.25, -0.2) is 0 Å². The van der Waals surface area contributed by atoms with Crippen molar-refractivity contribution in [2.45, 2.75) is 18.9 Å². The molecule has 9 heavy (non-hydrogen) atoms. The van der Waals surface area contributed by atoms with E-state index in [1.54, 1.807) is 0 Å². The van der Waals surface area contributed by atoms with Gasteiger partial charge in [-0.3, -0.25) is 4.21 Å². The van der Waals surface area contributed by atoms with E-state index in [2.05, 4.69) is 0 Å². The van der Waals surface area contributed by atoms with Crippen molar-refractivity contribution in [3.63, 3.8) is 0 Å². The van der Waals surface area contributed by atoms with Crippen LogP contribution in [0.25, 0.3) is 0 Å². The topological polar surface area (TPSA) is 40.1 Å². The molecule has 0 aromatic heterocycles. The molecule has 0 amide bonds. The first kappa shape index (κ1) is 10.7. The minimum Gasteiger partial charge on any atom is -0.852 e. The van der Waals surface area contributed by atoms with Gasteiger partial charge >= 0.3 is 51.4 Å². The molecule has 0 radical (unpaired) electrons. The van der Waals surface area contributed by atoms with Crippen LogP contribution < -0.4 is 56.5 Å². The van der Waals surface area contributed by atoms with Gasteiger partial charge in [0.15, 0.2) is 0 Å². The quantitative estimate of drug-likeness (QED) is 0.352. The van der Waals surface area contributed by atoms with Gasteiger partial charge in [0.1, 0.15) is 0 Å². The van der Waals surface area contributed by atoms with Crippen LogP contribution in [-0.2, 0) is 10.8 Å². The summed E-state index contributed by atoms with van der Waals surface area (Å²) in [5.74, 6) is 1.27. The van der Waals surface area contributed by atoms with E-state index in [9.17, 15) is 9.32 Å². The molecule has 0 atom stereocenters. The molecule has 0 bridgehead atoms. The maximum absolute atomic E-state index is 10.6. The Morgan fingerprint density at radius 1 is 1.33 bits per heavy atom. The van der Waals surface area contributed by atoms with Crippen molar-refractivity contribution in [1.82, 2.24) is 0 Å². The molecule has 0 aliphatic carbocycles. The van der Waals surface area contributed by atoms with E-state index in [1.807, 2.05) is 0 Å². The normalized spacial score (nSPS) is 35.2. The van der Waals surface area contributed by atoms with Crippen molar-refractivity contribution >= 4 is 10.8 Å². The standard InChI is InChI=1S/C5H9O2S.K/c6-5-1-3-8(7)4-2-5;/h5H,1-4H2;/q-1;+1. The molecule has 48 valence electrons. The zero-order chi connectivity index (χ0) is 5.98. The zero-order valence-electron chi connectivity index (χ0n) is 5.63. The van der Waals surface area contributed by atoms with Crippen LogP contribution in [0.1, 0.15) is 12.8 Å². The molecule has 1 aliphatic heterocycles. The summed E-state index contributed by atoms with van der Waals surface area (Å²) in [7, 11) is -0.661. The predicted octanol–water partition coefficient (Wildman–Crippen LogP) is -3.74. The summed E-state index contributed by atoms with van der Waals surface area (Å²) in [6.07, 6.45) is 0.812. The van der Waals surface area contributed by atoms with Gasteiger partial charge in [0, 0.05) is 22.3 Å². The summed E-state index contributed by atoms with van der Waals surface area (Å²) in [5, 5.41) is 10.6. The molecular weight excluding hydrogens is 163 g/mol. The summed E-state index contributed by atoms with van der Waals surface area (Å²) in [5.41, 5.74) is 0. The summed E-state index contributed by atoms with van der Waals surface area (Å²) >= 11 is 0. The third-order valence-electron chi connectivity index (χ3n) is 1.33. The van der Waals surface area contributed by atoms with Crippen LogP contribution in [-0.4, -0.2) is 21.8 Å². The third kappa shape index (κ3) is 4.24. The molecule has 2 nitrogen and oxygen atoms in total. The van der Waals surface area contributed by atoms with E-state index < -0.39 is 16.9 Å². The molecular formula is C5H9KO2S. The van der Waals surface area contributed by atoms with Gasteiger partial charge in [0.2, 0.25) is 0 Å². The molecule has 1 fully saturated rings. The molecule has 0 unspecified atom stereocenters. The van der Waals surface area contributed by atoms with E-state index in [4.69, 9.17) is 0 Å². The molecule has 0 aromatic rings. The fraction of sp³-hybridized carbons (Fsp3) is 1.00. The SMILES string of the molecule is O=S1CCC([O-])CC1.[K+]. The van der Waals surface area contributed by atoms with Crippen molar-refractivity contribution in [2.24, 2.45) is 0 Å². The number of rotatable bonds is 0. The summed E-state index contributed by atoms with van der Waals surface area (Å²) < 4.78 is 10.6. The van der Waals surface area contributed by atoms with Gasteiger partial charge in [0.05, 0.1) is 0 Å². The fourth-order valence-corrected chi connectivity index (χ4v) is 2.03. The van der Waals surface area contributed by atoms with E-state index in [1.165, 1.54) is 0 Å². The van der Waals surface area contributed by atoms with Crippen molar-refractivity contribution < 1.29 is 60.7 Å². The van der Waals surface area contributed by atoms with Gasteiger partial charge in [0.25, 0.3) is 0 Å². The fourth-order valence-electron chi connectivity index (χ4n) is 0.772. The Labute approximate surface area is 100 Å². The first-order chi connectivity index (χ1) is 3.79. The number of hydrogen-bond donors (Lipinski definition) is 0. The average Bonchev–Trinajstić information content (AvgIpc) is 1.77. The van der Waals surface area contributed by atoms with Gasteiger partial charge in [-0.1, -0.05) is 12.8 Å². The Hall–Kier alpha value is 1.75. The summed E-state index contributed by atoms with van der Waals surface area (Å²) in [6, 6.07) is 0. The second kappa shape index (κ2) is 5.40. The second-order valence-electron chi connectivity index (χ2n) is 2.05. The smallest absolute Gasteiger partial charge is 0.852 e. The molecule has 0 N–H and O–H groups in total. The maximum atomic E-state index is 10.6.